The normalized spacial score (nSPS) is 10.3. The Hall–Kier alpha value is -1.18. The van der Waals surface area contributed by atoms with Gasteiger partial charge in [-0.1, -0.05) is 6.07 Å². The smallest absolute Gasteiger partial charge is 0.334 e. The molecular weight excluding hydrogens is 422 g/mol. The Kier molecular flexibility index (Phi) is 5.18. The fraction of sp³-hybridized carbons (Fsp3) is 0.143. The zero-order valence-electron chi connectivity index (χ0n) is 11.2. The summed E-state index contributed by atoms with van der Waals surface area (Å²) in [4.78, 5) is 28.9. The van der Waals surface area contributed by atoms with Gasteiger partial charge in [-0.05, 0) is 75.0 Å². The molecule has 1 heterocycles. The average Bonchev–Trinajstić information content (AvgIpc) is 2.78. The summed E-state index contributed by atoms with van der Waals surface area (Å²) >= 11 is 7.79. The van der Waals surface area contributed by atoms with Gasteiger partial charge >= 0.3 is 5.97 Å². The van der Waals surface area contributed by atoms with Crippen LogP contribution in [0.4, 0.5) is 0 Å². The standard InChI is InChI=1S/C14H11Br2NO3S/c1-7-3-4-9(5-8(7)2)13(18)17-20-14(19)11-6-10(15)12(16)21-11/h3-6H,1-2H3,(H,17,18). The number of halogens is 2. The van der Waals surface area contributed by atoms with Crippen LogP contribution in [0.25, 0.3) is 0 Å². The van der Waals surface area contributed by atoms with Crippen molar-refractivity contribution in [2.75, 3.05) is 0 Å². The summed E-state index contributed by atoms with van der Waals surface area (Å²) in [5.41, 5.74) is 4.70. The highest BCUT2D eigenvalue weighted by Gasteiger charge is 2.15. The van der Waals surface area contributed by atoms with E-state index in [-0.39, 0.29) is 0 Å². The number of benzene rings is 1. The van der Waals surface area contributed by atoms with Crippen molar-refractivity contribution in [2.45, 2.75) is 13.8 Å². The number of hydroxylamine groups is 1. The third-order valence-electron chi connectivity index (χ3n) is 2.85. The third-order valence-corrected chi connectivity index (χ3v) is 6.09. The van der Waals surface area contributed by atoms with Crippen LogP contribution >= 0.6 is 43.2 Å². The number of amides is 1. The summed E-state index contributed by atoms with van der Waals surface area (Å²) in [6.45, 7) is 3.88. The van der Waals surface area contributed by atoms with E-state index in [1.54, 1.807) is 18.2 Å². The van der Waals surface area contributed by atoms with Crippen LogP contribution in [0.3, 0.4) is 0 Å². The number of thiophene rings is 1. The summed E-state index contributed by atoms with van der Waals surface area (Å²) < 4.78 is 1.55. The number of carbonyl (C=O) groups is 2. The maximum absolute atomic E-state index is 11.9. The molecule has 0 saturated carbocycles. The molecule has 2 aromatic rings. The van der Waals surface area contributed by atoms with Crippen molar-refractivity contribution >= 4 is 55.1 Å². The molecule has 0 aliphatic heterocycles. The molecule has 1 N–H and O–H groups in total. The van der Waals surface area contributed by atoms with Crippen molar-refractivity contribution in [1.82, 2.24) is 5.48 Å². The topological polar surface area (TPSA) is 55.4 Å². The first-order valence-corrected chi connectivity index (χ1v) is 8.32. The van der Waals surface area contributed by atoms with Crippen LogP contribution in [0.2, 0.25) is 0 Å². The zero-order chi connectivity index (χ0) is 15.6. The zero-order valence-corrected chi connectivity index (χ0v) is 15.2. The van der Waals surface area contributed by atoms with E-state index in [0.29, 0.717) is 10.4 Å². The Bertz CT molecular complexity index is 693. The fourth-order valence-corrected chi connectivity index (χ4v) is 3.44. The molecule has 0 aliphatic rings. The lowest BCUT2D eigenvalue weighted by atomic mass is 10.1. The Labute approximate surface area is 142 Å². The number of aryl methyl sites for hydroxylation is 2. The Balaban J connectivity index is 2.00. The molecule has 0 spiro atoms. The second-order valence-electron chi connectivity index (χ2n) is 4.35. The molecule has 0 radical (unpaired) electrons. The summed E-state index contributed by atoms with van der Waals surface area (Å²) in [5.74, 6) is -1.07. The lowest BCUT2D eigenvalue weighted by Gasteiger charge is -2.06. The summed E-state index contributed by atoms with van der Waals surface area (Å²) in [6.07, 6.45) is 0. The molecule has 0 saturated heterocycles. The van der Waals surface area contributed by atoms with E-state index in [4.69, 9.17) is 4.84 Å². The maximum atomic E-state index is 11.9. The highest BCUT2D eigenvalue weighted by atomic mass is 79.9. The van der Waals surface area contributed by atoms with Crippen LogP contribution in [-0.4, -0.2) is 11.9 Å². The van der Waals surface area contributed by atoms with Gasteiger partial charge in [0.15, 0.2) is 0 Å². The van der Waals surface area contributed by atoms with Gasteiger partial charge in [-0.15, -0.1) is 11.3 Å². The first-order valence-electron chi connectivity index (χ1n) is 5.92. The predicted molar refractivity (Wildman–Crippen MR) is 88.5 cm³/mol. The Morgan fingerprint density at radius 2 is 1.86 bits per heavy atom. The molecule has 0 bridgehead atoms. The van der Waals surface area contributed by atoms with Gasteiger partial charge in [0.25, 0.3) is 5.91 Å². The molecule has 1 aromatic heterocycles. The minimum absolute atomic E-state index is 0.383. The summed E-state index contributed by atoms with van der Waals surface area (Å²) in [5, 5.41) is 0. The van der Waals surface area contributed by atoms with Gasteiger partial charge in [0.1, 0.15) is 4.88 Å². The van der Waals surface area contributed by atoms with E-state index in [1.165, 1.54) is 11.3 Å². The maximum Gasteiger partial charge on any atom is 0.372 e. The molecule has 110 valence electrons. The fourth-order valence-electron chi connectivity index (χ4n) is 1.53. The first kappa shape index (κ1) is 16.2. The molecule has 7 heteroatoms. The highest BCUT2D eigenvalue weighted by Crippen LogP contribution is 2.32. The lowest BCUT2D eigenvalue weighted by Crippen LogP contribution is -2.26. The van der Waals surface area contributed by atoms with Crippen molar-refractivity contribution in [3.63, 3.8) is 0 Å². The minimum atomic E-state index is -0.608. The van der Waals surface area contributed by atoms with Crippen molar-refractivity contribution < 1.29 is 14.4 Å². The minimum Gasteiger partial charge on any atom is -0.334 e. The van der Waals surface area contributed by atoms with Crippen molar-refractivity contribution in [3.05, 3.63) is 54.1 Å². The Morgan fingerprint density at radius 3 is 2.43 bits per heavy atom. The van der Waals surface area contributed by atoms with E-state index >= 15 is 0 Å². The van der Waals surface area contributed by atoms with Crippen LogP contribution in [0.15, 0.2) is 32.5 Å². The molecular formula is C14H11Br2NO3S. The summed E-state index contributed by atoms with van der Waals surface area (Å²) in [7, 11) is 0. The van der Waals surface area contributed by atoms with Gasteiger partial charge in [0, 0.05) is 10.0 Å². The molecule has 0 atom stereocenters. The largest absolute Gasteiger partial charge is 0.372 e. The van der Waals surface area contributed by atoms with E-state index in [0.717, 1.165) is 19.4 Å². The van der Waals surface area contributed by atoms with E-state index in [2.05, 4.69) is 37.3 Å². The Morgan fingerprint density at radius 1 is 1.14 bits per heavy atom. The quantitative estimate of drug-likeness (QED) is 0.716. The average molecular weight is 433 g/mol. The van der Waals surface area contributed by atoms with Gasteiger partial charge in [-0.2, -0.15) is 5.48 Å². The second-order valence-corrected chi connectivity index (χ2v) is 7.58. The van der Waals surface area contributed by atoms with Crippen LogP contribution in [0, 0.1) is 13.8 Å². The summed E-state index contributed by atoms with van der Waals surface area (Å²) in [6, 6.07) is 6.90. The number of nitrogens with one attached hydrogen (secondary N) is 1. The van der Waals surface area contributed by atoms with Crippen LogP contribution in [0.5, 0.6) is 0 Å². The van der Waals surface area contributed by atoms with Gasteiger partial charge in [-0.25, -0.2) is 4.79 Å². The number of carbonyl (C=O) groups excluding carboxylic acids is 2. The predicted octanol–water partition coefficient (Wildman–Crippen LogP) is 4.39. The van der Waals surface area contributed by atoms with E-state index in [1.807, 2.05) is 19.9 Å². The third kappa shape index (κ3) is 3.93. The SMILES string of the molecule is Cc1ccc(C(=O)NOC(=O)c2cc(Br)c(Br)s2)cc1C. The monoisotopic (exact) mass is 431 g/mol. The number of hydrogen-bond acceptors (Lipinski definition) is 4. The highest BCUT2D eigenvalue weighted by molar-refractivity contribution is 9.13. The van der Waals surface area contributed by atoms with Crippen LogP contribution < -0.4 is 5.48 Å². The molecule has 1 amide bonds. The van der Waals surface area contributed by atoms with E-state index in [9.17, 15) is 9.59 Å². The van der Waals surface area contributed by atoms with Gasteiger partial charge < -0.3 is 4.84 Å². The molecule has 0 fully saturated rings. The second kappa shape index (κ2) is 6.72. The number of rotatable bonds is 2. The van der Waals surface area contributed by atoms with Gasteiger partial charge in [0.2, 0.25) is 0 Å². The first-order chi connectivity index (χ1) is 9.88. The molecule has 0 aliphatic carbocycles. The van der Waals surface area contributed by atoms with Crippen LogP contribution in [0.1, 0.15) is 31.2 Å². The van der Waals surface area contributed by atoms with Crippen molar-refractivity contribution in [2.24, 2.45) is 0 Å². The van der Waals surface area contributed by atoms with Crippen molar-refractivity contribution in [3.8, 4) is 0 Å². The molecule has 1 aromatic carbocycles. The van der Waals surface area contributed by atoms with Crippen LogP contribution in [-0.2, 0) is 4.84 Å². The van der Waals surface area contributed by atoms with E-state index < -0.39 is 11.9 Å². The van der Waals surface area contributed by atoms with Gasteiger partial charge in [-0.3, -0.25) is 4.79 Å². The molecule has 4 nitrogen and oxygen atoms in total. The van der Waals surface area contributed by atoms with Gasteiger partial charge in [0.05, 0.1) is 3.79 Å². The molecule has 0 unspecified atom stereocenters. The molecule has 21 heavy (non-hydrogen) atoms. The molecule has 2 rings (SSSR count). The van der Waals surface area contributed by atoms with Crippen molar-refractivity contribution in [1.29, 1.82) is 0 Å². The lowest BCUT2D eigenvalue weighted by molar-refractivity contribution is 0.0235. The number of hydrogen-bond donors (Lipinski definition) is 1.